The Morgan fingerprint density at radius 2 is 1.72 bits per heavy atom. The van der Waals surface area contributed by atoms with E-state index >= 15 is 0 Å². The van der Waals surface area contributed by atoms with Gasteiger partial charge in [-0.15, -0.1) is 0 Å². The van der Waals surface area contributed by atoms with Crippen LogP contribution in [-0.2, 0) is 0 Å². The van der Waals surface area contributed by atoms with Gasteiger partial charge in [-0.1, -0.05) is 55.3 Å². The summed E-state index contributed by atoms with van der Waals surface area (Å²) in [6, 6.07) is 18.9. The normalized spacial score (nSPS) is 12.9. The molecule has 5 heteroatoms. The summed E-state index contributed by atoms with van der Waals surface area (Å²) in [4.78, 5) is 6.49. The van der Waals surface area contributed by atoms with E-state index < -0.39 is 0 Å². The maximum absolute atomic E-state index is 9.51. The fourth-order valence-electron chi connectivity index (χ4n) is 4.37. The van der Waals surface area contributed by atoms with Gasteiger partial charge in [0.15, 0.2) is 0 Å². The third kappa shape index (κ3) is 7.46. The predicted octanol–water partition coefficient (Wildman–Crippen LogP) is 6.99. The number of allylic oxidation sites excluding steroid dienone is 2. The van der Waals surface area contributed by atoms with Crippen LogP contribution in [0.1, 0.15) is 50.3 Å². The zero-order valence-corrected chi connectivity index (χ0v) is 22.3. The highest BCUT2D eigenvalue weighted by Gasteiger charge is 2.11. The molecule has 0 aliphatic carbocycles. The van der Waals surface area contributed by atoms with Gasteiger partial charge in [-0.2, -0.15) is 0 Å². The van der Waals surface area contributed by atoms with Crippen molar-refractivity contribution >= 4 is 17.1 Å². The van der Waals surface area contributed by atoms with Crippen molar-refractivity contribution in [3.63, 3.8) is 0 Å². The van der Waals surface area contributed by atoms with Gasteiger partial charge in [0.2, 0.25) is 0 Å². The molecule has 3 rings (SSSR count). The van der Waals surface area contributed by atoms with Gasteiger partial charge >= 0.3 is 0 Å². The number of anilines is 2. The smallest absolute Gasteiger partial charge is 0.131 e. The molecule has 0 aliphatic heterocycles. The summed E-state index contributed by atoms with van der Waals surface area (Å²) in [5, 5.41) is 13.0. The molecule has 5 nitrogen and oxygen atoms in total. The van der Waals surface area contributed by atoms with Crippen LogP contribution >= 0.6 is 0 Å². The monoisotopic (exact) mass is 484 g/mol. The Bertz CT molecular complexity index is 1160. The van der Waals surface area contributed by atoms with Gasteiger partial charge in [0, 0.05) is 48.7 Å². The van der Waals surface area contributed by atoms with Crippen LogP contribution in [0.4, 0.5) is 11.5 Å². The van der Waals surface area contributed by atoms with E-state index in [1.165, 1.54) is 16.7 Å². The number of aromatic nitrogens is 1. The lowest BCUT2D eigenvalue weighted by molar-refractivity contribution is 0.238. The highest BCUT2D eigenvalue weighted by Crippen LogP contribution is 2.29. The first kappa shape index (κ1) is 27.0. The summed E-state index contributed by atoms with van der Waals surface area (Å²) in [5.41, 5.74) is 15.0. The van der Waals surface area contributed by atoms with Crippen molar-refractivity contribution in [3.8, 4) is 11.1 Å². The van der Waals surface area contributed by atoms with Crippen LogP contribution in [0.25, 0.3) is 16.7 Å². The van der Waals surface area contributed by atoms with E-state index in [1.54, 1.807) is 6.20 Å². The maximum atomic E-state index is 9.51. The van der Waals surface area contributed by atoms with Crippen molar-refractivity contribution in [3.05, 3.63) is 95.6 Å². The SMILES string of the molecule is CCC(CCO)CN(/C=C(\C)Nc1ccc(-c2c(C)ccnc2N)cc1)/C=C(\C)c1ccc(C)cc1. The molecule has 0 aliphatic rings. The number of aliphatic hydroxyl groups is 1. The van der Waals surface area contributed by atoms with Crippen LogP contribution < -0.4 is 11.1 Å². The van der Waals surface area contributed by atoms with E-state index in [4.69, 9.17) is 5.73 Å². The highest BCUT2D eigenvalue weighted by atomic mass is 16.3. The van der Waals surface area contributed by atoms with Crippen molar-refractivity contribution in [1.29, 1.82) is 0 Å². The molecule has 2 aromatic carbocycles. The number of nitrogens with one attached hydrogen (secondary N) is 1. The molecule has 0 spiro atoms. The molecule has 0 saturated carbocycles. The summed E-state index contributed by atoms with van der Waals surface area (Å²) < 4.78 is 0. The second-order valence-electron chi connectivity index (χ2n) is 9.56. The quantitative estimate of drug-likeness (QED) is 0.273. The number of nitrogens with two attached hydrogens (primary N) is 1. The first-order valence-corrected chi connectivity index (χ1v) is 12.7. The van der Waals surface area contributed by atoms with E-state index in [0.717, 1.165) is 47.5 Å². The van der Waals surface area contributed by atoms with Gasteiger partial charge in [-0.05, 0) is 80.5 Å². The molecule has 190 valence electrons. The molecule has 0 amide bonds. The van der Waals surface area contributed by atoms with Gasteiger partial charge in [-0.3, -0.25) is 0 Å². The fraction of sp³-hybridized carbons (Fsp3) is 0.323. The maximum Gasteiger partial charge on any atom is 0.131 e. The summed E-state index contributed by atoms with van der Waals surface area (Å²) in [5.74, 6) is 0.958. The number of rotatable bonds is 11. The number of aryl methyl sites for hydroxylation is 2. The number of nitrogens with zero attached hydrogens (tertiary/aromatic N) is 2. The number of nitrogen functional groups attached to an aromatic ring is 1. The lowest BCUT2D eigenvalue weighted by Crippen LogP contribution is -2.22. The summed E-state index contributed by atoms with van der Waals surface area (Å²) in [6.45, 7) is 11.6. The Morgan fingerprint density at radius 3 is 2.33 bits per heavy atom. The van der Waals surface area contributed by atoms with Crippen LogP contribution in [0.2, 0.25) is 0 Å². The minimum absolute atomic E-state index is 0.210. The van der Waals surface area contributed by atoms with Gasteiger partial charge < -0.3 is 21.1 Å². The zero-order chi connectivity index (χ0) is 26.1. The molecule has 1 unspecified atom stereocenters. The van der Waals surface area contributed by atoms with Gasteiger partial charge in [0.1, 0.15) is 5.82 Å². The van der Waals surface area contributed by atoms with Crippen LogP contribution in [0.3, 0.4) is 0 Å². The molecule has 0 bridgehead atoms. The molecule has 3 aromatic rings. The topological polar surface area (TPSA) is 74.4 Å². The van der Waals surface area contributed by atoms with E-state index in [0.29, 0.717) is 11.7 Å². The third-order valence-electron chi connectivity index (χ3n) is 6.51. The third-order valence-corrected chi connectivity index (χ3v) is 6.51. The molecular weight excluding hydrogens is 444 g/mol. The molecule has 0 saturated heterocycles. The number of pyridine rings is 1. The van der Waals surface area contributed by atoms with Crippen molar-refractivity contribution < 1.29 is 5.11 Å². The van der Waals surface area contributed by atoms with Crippen molar-refractivity contribution in [2.45, 2.75) is 47.5 Å². The van der Waals surface area contributed by atoms with E-state index in [1.807, 2.05) is 13.0 Å². The highest BCUT2D eigenvalue weighted by molar-refractivity contribution is 5.77. The average molecular weight is 485 g/mol. The fourth-order valence-corrected chi connectivity index (χ4v) is 4.37. The average Bonchev–Trinajstić information content (AvgIpc) is 2.85. The number of hydrogen-bond donors (Lipinski definition) is 3. The first-order valence-electron chi connectivity index (χ1n) is 12.7. The number of aliphatic hydroxyl groups excluding tert-OH is 1. The Balaban J connectivity index is 1.81. The Morgan fingerprint density at radius 1 is 1.03 bits per heavy atom. The van der Waals surface area contributed by atoms with Gasteiger partial charge in [-0.25, -0.2) is 4.98 Å². The Hall–Kier alpha value is -3.57. The molecular formula is C31H40N4O. The molecule has 1 atom stereocenters. The molecule has 0 radical (unpaired) electrons. The van der Waals surface area contributed by atoms with Crippen molar-refractivity contribution in [2.75, 3.05) is 24.2 Å². The summed E-state index contributed by atoms with van der Waals surface area (Å²) in [7, 11) is 0. The number of hydrogen-bond acceptors (Lipinski definition) is 5. The molecule has 1 heterocycles. The summed E-state index contributed by atoms with van der Waals surface area (Å²) in [6.07, 6.45) is 7.90. The molecule has 36 heavy (non-hydrogen) atoms. The van der Waals surface area contributed by atoms with Crippen LogP contribution in [0, 0.1) is 19.8 Å². The van der Waals surface area contributed by atoms with Gasteiger partial charge in [0.25, 0.3) is 0 Å². The molecule has 0 fully saturated rings. The minimum atomic E-state index is 0.210. The van der Waals surface area contributed by atoms with Crippen LogP contribution in [0.15, 0.2) is 78.9 Å². The predicted molar refractivity (Wildman–Crippen MR) is 153 cm³/mol. The zero-order valence-electron chi connectivity index (χ0n) is 22.3. The Kier molecular flexibility index (Phi) is 9.71. The first-order chi connectivity index (χ1) is 17.3. The van der Waals surface area contributed by atoms with Crippen LogP contribution in [0.5, 0.6) is 0 Å². The lowest BCUT2D eigenvalue weighted by atomic mass is 10.0. The Labute approximate surface area is 216 Å². The van der Waals surface area contributed by atoms with E-state index in [2.05, 4.69) is 104 Å². The second kappa shape index (κ2) is 12.9. The number of benzene rings is 2. The van der Waals surface area contributed by atoms with Gasteiger partial charge in [0.05, 0.1) is 0 Å². The van der Waals surface area contributed by atoms with Crippen LogP contribution in [-0.4, -0.2) is 28.1 Å². The standard InChI is InChI=1S/C31H40N4O/c1-6-26(16-18-36)21-35(19-24(4)27-9-7-22(2)8-10-27)20-25(5)34-29-13-11-28(12-14-29)30-23(3)15-17-33-31(30)32/h7-15,17,19-20,26,34,36H,6,16,18,21H2,1-5H3,(H2,32,33)/b24-19+,25-20+. The lowest BCUT2D eigenvalue weighted by Gasteiger charge is -2.24. The van der Waals surface area contributed by atoms with E-state index in [9.17, 15) is 5.11 Å². The summed E-state index contributed by atoms with van der Waals surface area (Å²) >= 11 is 0. The second-order valence-corrected chi connectivity index (χ2v) is 9.56. The molecule has 1 aromatic heterocycles. The van der Waals surface area contributed by atoms with Crippen molar-refractivity contribution in [2.24, 2.45) is 5.92 Å². The van der Waals surface area contributed by atoms with Crippen molar-refractivity contribution in [1.82, 2.24) is 9.88 Å². The van der Waals surface area contributed by atoms with E-state index in [-0.39, 0.29) is 6.61 Å². The molecule has 4 N–H and O–H groups in total. The minimum Gasteiger partial charge on any atom is -0.396 e. The largest absolute Gasteiger partial charge is 0.396 e.